The fourth-order valence-electron chi connectivity index (χ4n) is 1.38. The highest BCUT2D eigenvalue weighted by Gasteiger charge is 2.00. The van der Waals surface area contributed by atoms with Crippen molar-refractivity contribution in [3.05, 3.63) is 48.0 Å². The lowest BCUT2D eigenvalue weighted by atomic mass is 10.1. The molecule has 0 saturated heterocycles. The normalized spacial score (nSPS) is 11.9. The van der Waals surface area contributed by atoms with Gasteiger partial charge in [0.05, 0.1) is 0 Å². The Morgan fingerprint density at radius 3 is 2.50 bits per heavy atom. The number of nitrogens with zero attached hydrogens (tertiary/aromatic N) is 1. The molecule has 0 fully saturated rings. The standard InChI is InChI=1S/C11H8ClNO/c12-11(13-14)10-6-5-8-3-1-2-4-9(8)7-10/h1-7,14H. The van der Waals surface area contributed by atoms with Gasteiger partial charge in [0.15, 0.2) is 5.17 Å². The molecule has 2 aromatic rings. The van der Waals surface area contributed by atoms with E-state index >= 15 is 0 Å². The lowest BCUT2D eigenvalue weighted by Gasteiger charge is -2.00. The third-order valence-corrected chi connectivity index (χ3v) is 2.37. The van der Waals surface area contributed by atoms with Gasteiger partial charge in [-0.2, -0.15) is 0 Å². The van der Waals surface area contributed by atoms with Gasteiger partial charge in [0, 0.05) is 5.56 Å². The molecule has 0 heterocycles. The molecule has 0 amide bonds. The average molecular weight is 206 g/mol. The number of fused-ring (bicyclic) bond motifs is 1. The van der Waals surface area contributed by atoms with Gasteiger partial charge in [0.1, 0.15) is 0 Å². The second-order valence-corrected chi connectivity index (χ2v) is 3.31. The first-order valence-electron chi connectivity index (χ1n) is 4.18. The lowest BCUT2D eigenvalue weighted by molar-refractivity contribution is 0.321. The van der Waals surface area contributed by atoms with E-state index in [1.54, 1.807) is 0 Å². The third-order valence-electron chi connectivity index (χ3n) is 2.08. The molecular formula is C11H8ClNO. The van der Waals surface area contributed by atoms with E-state index in [1.165, 1.54) is 0 Å². The Bertz CT molecular complexity index is 493. The van der Waals surface area contributed by atoms with Crippen LogP contribution in [0.15, 0.2) is 47.6 Å². The molecule has 0 unspecified atom stereocenters. The number of hydrogen-bond acceptors (Lipinski definition) is 2. The topological polar surface area (TPSA) is 32.6 Å². The molecule has 0 atom stereocenters. The Hall–Kier alpha value is -1.54. The number of benzene rings is 2. The van der Waals surface area contributed by atoms with Crippen LogP contribution >= 0.6 is 11.6 Å². The zero-order valence-electron chi connectivity index (χ0n) is 7.31. The van der Waals surface area contributed by atoms with Crippen LogP contribution in [0.1, 0.15) is 5.56 Å². The van der Waals surface area contributed by atoms with E-state index in [0.717, 1.165) is 10.8 Å². The van der Waals surface area contributed by atoms with Gasteiger partial charge in [-0.25, -0.2) is 0 Å². The first-order chi connectivity index (χ1) is 6.81. The molecule has 0 aliphatic carbocycles. The largest absolute Gasteiger partial charge is 0.410 e. The van der Waals surface area contributed by atoms with E-state index in [9.17, 15) is 0 Å². The summed E-state index contributed by atoms with van der Waals surface area (Å²) in [5, 5.41) is 13.8. The fraction of sp³-hybridized carbons (Fsp3) is 0. The molecule has 1 N–H and O–H groups in total. The molecule has 70 valence electrons. The van der Waals surface area contributed by atoms with Gasteiger partial charge < -0.3 is 5.21 Å². The molecule has 0 aliphatic heterocycles. The molecule has 14 heavy (non-hydrogen) atoms. The maximum absolute atomic E-state index is 8.52. The Kier molecular flexibility index (Phi) is 2.37. The van der Waals surface area contributed by atoms with E-state index in [1.807, 2.05) is 42.5 Å². The van der Waals surface area contributed by atoms with E-state index in [2.05, 4.69) is 5.16 Å². The summed E-state index contributed by atoms with van der Waals surface area (Å²) in [5.41, 5.74) is 0.716. The molecule has 3 heteroatoms. The number of rotatable bonds is 1. The maximum atomic E-state index is 8.52. The number of halogens is 1. The van der Waals surface area contributed by atoms with Crippen molar-refractivity contribution in [2.75, 3.05) is 0 Å². The van der Waals surface area contributed by atoms with E-state index in [0.29, 0.717) is 5.56 Å². The summed E-state index contributed by atoms with van der Waals surface area (Å²) in [5.74, 6) is 0. The Balaban J connectivity index is 2.62. The molecule has 0 spiro atoms. The molecule has 2 nitrogen and oxygen atoms in total. The van der Waals surface area contributed by atoms with Crippen LogP contribution in [-0.2, 0) is 0 Å². The summed E-state index contributed by atoms with van der Waals surface area (Å²) in [6.07, 6.45) is 0. The van der Waals surface area contributed by atoms with Gasteiger partial charge in [-0.15, -0.1) is 0 Å². The van der Waals surface area contributed by atoms with Crippen molar-refractivity contribution in [1.82, 2.24) is 0 Å². The second kappa shape index (κ2) is 3.68. The molecule has 0 saturated carbocycles. The lowest BCUT2D eigenvalue weighted by Crippen LogP contribution is -1.90. The quantitative estimate of drug-likeness (QED) is 0.433. The molecule has 0 aliphatic rings. The van der Waals surface area contributed by atoms with Crippen molar-refractivity contribution in [2.24, 2.45) is 5.16 Å². The average Bonchev–Trinajstić information content (AvgIpc) is 2.27. The fourth-order valence-corrected chi connectivity index (χ4v) is 1.49. The molecule has 2 rings (SSSR count). The van der Waals surface area contributed by atoms with E-state index < -0.39 is 0 Å². The summed E-state index contributed by atoms with van der Waals surface area (Å²) in [6.45, 7) is 0. The van der Waals surface area contributed by atoms with Crippen molar-refractivity contribution >= 4 is 27.5 Å². The summed E-state index contributed by atoms with van der Waals surface area (Å²) >= 11 is 5.69. The van der Waals surface area contributed by atoms with Gasteiger partial charge in [0.2, 0.25) is 0 Å². The van der Waals surface area contributed by atoms with Gasteiger partial charge in [0.25, 0.3) is 0 Å². The van der Waals surface area contributed by atoms with Crippen LogP contribution in [0.2, 0.25) is 0 Å². The van der Waals surface area contributed by atoms with Crippen LogP contribution in [0.25, 0.3) is 10.8 Å². The van der Waals surface area contributed by atoms with Gasteiger partial charge >= 0.3 is 0 Å². The van der Waals surface area contributed by atoms with Crippen molar-refractivity contribution < 1.29 is 5.21 Å². The highest BCUT2D eigenvalue weighted by Crippen LogP contribution is 2.16. The highest BCUT2D eigenvalue weighted by atomic mass is 35.5. The summed E-state index contributed by atoms with van der Waals surface area (Å²) in [6, 6.07) is 13.6. The molecule has 0 bridgehead atoms. The van der Waals surface area contributed by atoms with E-state index in [-0.39, 0.29) is 5.17 Å². The van der Waals surface area contributed by atoms with Crippen LogP contribution in [-0.4, -0.2) is 10.4 Å². The maximum Gasteiger partial charge on any atom is 0.175 e. The molecule has 0 radical (unpaired) electrons. The number of hydrogen-bond donors (Lipinski definition) is 1. The predicted octanol–water partition coefficient (Wildman–Crippen LogP) is 3.21. The summed E-state index contributed by atoms with van der Waals surface area (Å²) in [4.78, 5) is 0. The first-order valence-corrected chi connectivity index (χ1v) is 4.56. The Morgan fingerprint density at radius 1 is 1.07 bits per heavy atom. The molecule has 0 aromatic heterocycles. The summed E-state index contributed by atoms with van der Waals surface area (Å²) < 4.78 is 0. The van der Waals surface area contributed by atoms with Crippen LogP contribution in [0.4, 0.5) is 0 Å². The number of oxime groups is 1. The van der Waals surface area contributed by atoms with Gasteiger partial charge in [-0.05, 0) is 16.8 Å². The SMILES string of the molecule is ON=C(Cl)c1ccc2ccccc2c1. The van der Waals surface area contributed by atoms with Crippen molar-refractivity contribution in [2.45, 2.75) is 0 Å². The smallest absolute Gasteiger partial charge is 0.175 e. The van der Waals surface area contributed by atoms with Gasteiger partial charge in [-0.1, -0.05) is 53.2 Å². The van der Waals surface area contributed by atoms with Crippen LogP contribution < -0.4 is 0 Å². The zero-order chi connectivity index (χ0) is 9.97. The minimum absolute atomic E-state index is 0.107. The molecular weight excluding hydrogens is 198 g/mol. The Morgan fingerprint density at radius 2 is 1.79 bits per heavy atom. The van der Waals surface area contributed by atoms with Crippen LogP contribution in [0.3, 0.4) is 0 Å². The van der Waals surface area contributed by atoms with Crippen LogP contribution in [0, 0.1) is 0 Å². The zero-order valence-corrected chi connectivity index (χ0v) is 8.07. The van der Waals surface area contributed by atoms with Crippen molar-refractivity contribution in [1.29, 1.82) is 0 Å². The van der Waals surface area contributed by atoms with Crippen LogP contribution in [0.5, 0.6) is 0 Å². The minimum atomic E-state index is 0.107. The monoisotopic (exact) mass is 205 g/mol. The van der Waals surface area contributed by atoms with Gasteiger partial charge in [-0.3, -0.25) is 0 Å². The Labute approximate surface area is 86.4 Å². The molecule has 2 aromatic carbocycles. The summed E-state index contributed by atoms with van der Waals surface area (Å²) in [7, 11) is 0. The predicted molar refractivity (Wildman–Crippen MR) is 58.1 cm³/mol. The third kappa shape index (κ3) is 1.56. The first kappa shape index (κ1) is 9.03. The second-order valence-electron chi connectivity index (χ2n) is 2.95. The van der Waals surface area contributed by atoms with Crippen molar-refractivity contribution in [3.8, 4) is 0 Å². The highest BCUT2D eigenvalue weighted by molar-refractivity contribution is 6.69. The minimum Gasteiger partial charge on any atom is -0.410 e. The van der Waals surface area contributed by atoms with E-state index in [4.69, 9.17) is 16.8 Å². The van der Waals surface area contributed by atoms with Crippen molar-refractivity contribution in [3.63, 3.8) is 0 Å².